The van der Waals surface area contributed by atoms with Gasteiger partial charge in [-0.2, -0.15) is 0 Å². The predicted molar refractivity (Wildman–Crippen MR) is 104 cm³/mol. The molecule has 7 heteroatoms. The van der Waals surface area contributed by atoms with Gasteiger partial charge in [0.15, 0.2) is 0 Å². The summed E-state index contributed by atoms with van der Waals surface area (Å²) < 4.78 is 0. The van der Waals surface area contributed by atoms with Gasteiger partial charge in [-0.25, -0.2) is 9.97 Å². The zero-order valence-electron chi connectivity index (χ0n) is 16.4. The Bertz CT molecular complexity index is 742. The molecule has 2 bridgehead atoms. The molecule has 5 rings (SSSR count). The molecule has 2 amide bonds. The number of fused-ring (bicyclic) bond motifs is 4. The first-order chi connectivity index (χ1) is 13.7. The number of carbonyl (C=O) groups is 2. The number of hydrogen-bond donors (Lipinski definition) is 0. The van der Waals surface area contributed by atoms with Crippen LogP contribution in [0.2, 0.25) is 0 Å². The highest BCUT2D eigenvalue weighted by Crippen LogP contribution is 2.38. The van der Waals surface area contributed by atoms with Crippen LogP contribution in [0.25, 0.3) is 0 Å². The van der Waals surface area contributed by atoms with Crippen LogP contribution in [0.4, 0.5) is 5.95 Å². The van der Waals surface area contributed by atoms with Gasteiger partial charge in [0, 0.05) is 57.6 Å². The molecular weight excluding hydrogens is 354 g/mol. The second-order valence-corrected chi connectivity index (χ2v) is 8.94. The lowest BCUT2D eigenvalue weighted by Crippen LogP contribution is -2.62. The SMILES string of the molecule is O=C(C1CCCN(c2ncccn2)C1)N1CC2CC(C1)C1CCCC(=O)N1C2. The lowest BCUT2D eigenvalue weighted by atomic mass is 9.75. The fourth-order valence-electron chi connectivity index (χ4n) is 5.86. The summed E-state index contributed by atoms with van der Waals surface area (Å²) in [4.78, 5) is 40.8. The first-order valence-electron chi connectivity index (χ1n) is 10.8. The Balaban J connectivity index is 1.27. The first kappa shape index (κ1) is 17.9. The van der Waals surface area contributed by atoms with Crippen molar-refractivity contribution < 1.29 is 9.59 Å². The second-order valence-electron chi connectivity index (χ2n) is 8.94. The maximum atomic E-state index is 13.4. The molecule has 1 aromatic rings. The molecule has 4 saturated heterocycles. The van der Waals surface area contributed by atoms with Gasteiger partial charge in [-0.1, -0.05) is 0 Å². The van der Waals surface area contributed by atoms with E-state index in [-0.39, 0.29) is 5.92 Å². The van der Waals surface area contributed by atoms with Crippen molar-refractivity contribution in [2.24, 2.45) is 17.8 Å². The number of likely N-dealkylation sites (tertiary alicyclic amines) is 1. The molecule has 0 saturated carbocycles. The highest BCUT2D eigenvalue weighted by atomic mass is 16.2. The molecule has 0 spiro atoms. The van der Waals surface area contributed by atoms with Gasteiger partial charge in [0.2, 0.25) is 17.8 Å². The molecule has 4 unspecified atom stereocenters. The molecule has 150 valence electrons. The van der Waals surface area contributed by atoms with Gasteiger partial charge in [-0.15, -0.1) is 0 Å². The summed E-state index contributed by atoms with van der Waals surface area (Å²) in [7, 11) is 0. The molecular formula is C21H29N5O2. The normalized spacial score (nSPS) is 32.9. The fraction of sp³-hybridized carbons (Fsp3) is 0.714. The van der Waals surface area contributed by atoms with Crippen LogP contribution < -0.4 is 4.90 Å². The van der Waals surface area contributed by atoms with Crippen molar-refractivity contribution >= 4 is 17.8 Å². The number of anilines is 1. The van der Waals surface area contributed by atoms with Crippen LogP contribution >= 0.6 is 0 Å². The largest absolute Gasteiger partial charge is 0.342 e. The van der Waals surface area contributed by atoms with Crippen molar-refractivity contribution in [3.63, 3.8) is 0 Å². The van der Waals surface area contributed by atoms with Crippen molar-refractivity contribution in [2.45, 2.75) is 44.6 Å². The third-order valence-electron chi connectivity index (χ3n) is 7.10. The molecule has 4 aliphatic rings. The number of carbonyl (C=O) groups excluding carboxylic acids is 2. The summed E-state index contributed by atoms with van der Waals surface area (Å²) in [6, 6.07) is 2.18. The summed E-state index contributed by atoms with van der Waals surface area (Å²) in [5, 5.41) is 0. The molecule has 0 aliphatic carbocycles. The summed E-state index contributed by atoms with van der Waals surface area (Å²) in [6.07, 6.45) is 9.46. The summed E-state index contributed by atoms with van der Waals surface area (Å²) >= 11 is 0. The fourth-order valence-corrected chi connectivity index (χ4v) is 5.86. The van der Waals surface area contributed by atoms with Crippen molar-refractivity contribution in [2.75, 3.05) is 37.6 Å². The van der Waals surface area contributed by atoms with E-state index in [1.54, 1.807) is 12.4 Å². The molecule has 0 aromatic carbocycles. The van der Waals surface area contributed by atoms with Crippen LogP contribution in [0.3, 0.4) is 0 Å². The van der Waals surface area contributed by atoms with Crippen LogP contribution in [0.1, 0.15) is 38.5 Å². The molecule has 1 aromatic heterocycles. The number of nitrogens with zero attached hydrogens (tertiary/aromatic N) is 5. The monoisotopic (exact) mass is 383 g/mol. The average Bonchev–Trinajstić information content (AvgIpc) is 2.75. The van der Waals surface area contributed by atoms with E-state index >= 15 is 0 Å². The van der Waals surface area contributed by atoms with E-state index in [1.807, 2.05) is 6.07 Å². The van der Waals surface area contributed by atoms with E-state index in [0.29, 0.717) is 42.7 Å². The van der Waals surface area contributed by atoms with Crippen LogP contribution in [0, 0.1) is 17.8 Å². The lowest BCUT2D eigenvalue weighted by Gasteiger charge is -2.53. The summed E-state index contributed by atoms with van der Waals surface area (Å²) in [5.41, 5.74) is 0. The smallest absolute Gasteiger partial charge is 0.227 e. The zero-order valence-corrected chi connectivity index (χ0v) is 16.4. The van der Waals surface area contributed by atoms with Crippen LogP contribution in [0.5, 0.6) is 0 Å². The van der Waals surface area contributed by atoms with E-state index < -0.39 is 0 Å². The average molecular weight is 383 g/mol. The molecule has 4 aliphatic heterocycles. The van der Waals surface area contributed by atoms with E-state index in [9.17, 15) is 9.59 Å². The van der Waals surface area contributed by atoms with E-state index in [1.165, 1.54) is 6.42 Å². The van der Waals surface area contributed by atoms with E-state index in [4.69, 9.17) is 0 Å². The lowest BCUT2D eigenvalue weighted by molar-refractivity contribution is -0.150. The van der Waals surface area contributed by atoms with Crippen molar-refractivity contribution in [3.05, 3.63) is 18.5 Å². The Morgan fingerprint density at radius 2 is 1.89 bits per heavy atom. The topological polar surface area (TPSA) is 69.6 Å². The Morgan fingerprint density at radius 1 is 1.04 bits per heavy atom. The number of aromatic nitrogens is 2. The van der Waals surface area contributed by atoms with Gasteiger partial charge in [0.25, 0.3) is 0 Å². The zero-order chi connectivity index (χ0) is 19.1. The van der Waals surface area contributed by atoms with Gasteiger partial charge in [-0.05, 0) is 50.0 Å². The third-order valence-corrected chi connectivity index (χ3v) is 7.10. The van der Waals surface area contributed by atoms with Crippen LogP contribution in [-0.4, -0.2) is 70.3 Å². The minimum Gasteiger partial charge on any atom is -0.342 e. The second kappa shape index (κ2) is 7.33. The molecule has 5 heterocycles. The van der Waals surface area contributed by atoms with Gasteiger partial charge in [-0.3, -0.25) is 9.59 Å². The van der Waals surface area contributed by atoms with Gasteiger partial charge >= 0.3 is 0 Å². The Morgan fingerprint density at radius 3 is 2.75 bits per heavy atom. The highest BCUT2D eigenvalue weighted by Gasteiger charge is 2.45. The third kappa shape index (κ3) is 3.25. The quantitative estimate of drug-likeness (QED) is 0.775. The maximum Gasteiger partial charge on any atom is 0.227 e. The maximum absolute atomic E-state index is 13.4. The minimum absolute atomic E-state index is 0.0282. The number of amides is 2. The van der Waals surface area contributed by atoms with Crippen LogP contribution in [-0.2, 0) is 9.59 Å². The first-order valence-corrected chi connectivity index (χ1v) is 10.8. The minimum atomic E-state index is 0.0282. The van der Waals surface area contributed by atoms with E-state index in [0.717, 1.165) is 57.8 Å². The highest BCUT2D eigenvalue weighted by molar-refractivity contribution is 5.80. The Labute approximate surface area is 166 Å². The van der Waals surface area contributed by atoms with Gasteiger partial charge < -0.3 is 14.7 Å². The van der Waals surface area contributed by atoms with Crippen molar-refractivity contribution in [1.82, 2.24) is 19.8 Å². The molecule has 28 heavy (non-hydrogen) atoms. The van der Waals surface area contributed by atoms with Crippen molar-refractivity contribution in [3.8, 4) is 0 Å². The molecule has 0 radical (unpaired) electrons. The Kier molecular flexibility index (Phi) is 4.69. The standard InChI is InChI=1S/C21H29N5O2/c27-19-6-1-5-18-17-10-15(12-26(18)19)11-25(14-17)20(28)16-4-2-9-24(13-16)21-22-7-3-8-23-21/h3,7-8,15-18H,1-2,4-6,9-14H2. The number of rotatable bonds is 2. The van der Waals surface area contributed by atoms with E-state index in [2.05, 4.69) is 24.7 Å². The number of piperidine rings is 4. The molecule has 4 atom stereocenters. The summed E-state index contributed by atoms with van der Waals surface area (Å²) in [6.45, 7) is 4.10. The van der Waals surface area contributed by atoms with Crippen LogP contribution in [0.15, 0.2) is 18.5 Å². The Hall–Kier alpha value is -2.18. The van der Waals surface area contributed by atoms with Gasteiger partial charge in [0.05, 0.1) is 5.92 Å². The predicted octanol–water partition coefficient (Wildman–Crippen LogP) is 1.55. The van der Waals surface area contributed by atoms with Crippen molar-refractivity contribution in [1.29, 1.82) is 0 Å². The molecule has 7 nitrogen and oxygen atoms in total. The number of hydrogen-bond acceptors (Lipinski definition) is 5. The van der Waals surface area contributed by atoms with Gasteiger partial charge in [0.1, 0.15) is 0 Å². The molecule has 0 N–H and O–H groups in total. The molecule has 4 fully saturated rings. The summed E-state index contributed by atoms with van der Waals surface area (Å²) in [5.74, 6) is 2.28.